The Labute approximate surface area is 101 Å². The van der Waals surface area contributed by atoms with Crippen molar-refractivity contribution in [2.75, 3.05) is 7.11 Å². The van der Waals surface area contributed by atoms with Gasteiger partial charge in [-0.25, -0.2) is 0 Å². The summed E-state index contributed by atoms with van der Waals surface area (Å²) < 4.78 is 5.00. The quantitative estimate of drug-likeness (QED) is 0.763. The molecule has 0 amide bonds. The summed E-state index contributed by atoms with van der Waals surface area (Å²) in [6, 6.07) is 4.77. The lowest BCUT2D eigenvalue weighted by atomic mass is 9.96. The van der Waals surface area contributed by atoms with Crippen LogP contribution in [0.3, 0.4) is 0 Å². The monoisotopic (exact) mass is 232 g/mol. The molecule has 0 fully saturated rings. The first-order valence-electron chi connectivity index (χ1n) is 5.32. The van der Waals surface area contributed by atoms with Gasteiger partial charge in [0.2, 0.25) is 0 Å². The topological polar surface area (TPSA) is 79.3 Å². The molecular weight excluding hydrogens is 216 g/mol. The van der Waals surface area contributed by atoms with Gasteiger partial charge in [0.05, 0.1) is 18.7 Å². The van der Waals surface area contributed by atoms with E-state index in [2.05, 4.69) is 6.58 Å². The first-order valence-corrected chi connectivity index (χ1v) is 5.32. The number of nitrogens with two attached hydrogens (primary N) is 1. The van der Waals surface area contributed by atoms with Crippen molar-refractivity contribution in [2.24, 2.45) is 5.73 Å². The smallest absolute Gasteiger partial charge is 0.163 e. The van der Waals surface area contributed by atoms with Crippen molar-refractivity contribution >= 4 is 0 Å². The largest absolute Gasteiger partial charge is 0.504 e. The molecule has 1 aromatic rings. The minimum absolute atomic E-state index is 0.0527. The first-order chi connectivity index (χ1) is 8.15. The zero-order valence-corrected chi connectivity index (χ0v) is 9.81. The van der Waals surface area contributed by atoms with Crippen molar-refractivity contribution < 1.29 is 9.84 Å². The molecular formula is C13H16N2O2. The molecule has 0 aliphatic heterocycles. The molecule has 0 radical (unpaired) electrons. The fourth-order valence-electron chi connectivity index (χ4n) is 1.67. The van der Waals surface area contributed by atoms with Crippen LogP contribution in [-0.4, -0.2) is 12.2 Å². The number of benzene rings is 1. The average molecular weight is 232 g/mol. The van der Waals surface area contributed by atoms with Crippen LogP contribution in [0.5, 0.6) is 11.5 Å². The van der Waals surface area contributed by atoms with E-state index in [1.807, 2.05) is 6.07 Å². The van der Waals surface area contributed by atoms with E-state index in [0.29, 0.717) is 23.3 Å². The van der Waals surface area contributed by atoms with E-state index in [1.165, 1.54) is 7.11 Å². The summed E-state index contributed by atoms with van der Waals surface area (Å²) in [7, 11) is 1.46. The molecule has 1 rings (SSSR count). The number of hydrogen-bond acceptors (Lipinski definition) is 4. The summed E-state index contributed by atoms with van der Waals surface area (Å²) in [5.74, 6) is 0.274. The summed E-state index contributed by atoms with van der Waals surface area (Å²) in [4.78, 5) is 0. The Balaban J connectivity index is 3.18. The molecule has 0 unspecified atom stereocenters. The number of ether oxygens (including phenoxy) is 1. The molecule has 0 spiro atoms. The highest BCUT2D eigenvalue weighted by Gasteiger charge is 2.18. The molecule has 17 heavy (non-hydrogen) atoms. The molecule has 0 saturated heterocycles. The molecule has 0 aliphatic carbocycles. The molecule has 90 valence electrons. The fourth-order valence-corrected chi connectivity index (χ4v) is 1.67. The van der Waals surface area contributed by atoms with Gasteiger partial charge in [-0.2, -0.15) is 5.26 Å². The predicted octanol–water partition coefficient (Wildman–Crippen LogP) is 2.24. The molecule has 3 N–H and O–H groups in total. The Morgan fingerprint density at radius 2 is 2.35 bits per heavy atom. The van der Waals surface area contributed by atoms with Crippen molar-refractivity contribution in [2.45, 2.75) is 18.9 Å². The van der Waals surface area contributed by atoms with E-state index in [9.17, 15) is 5.11 Å². The van der Waals surface area contributed by atoms with Crippen LogP contribution < -0.4 is 10.5 Å². The molecule has 4 heteroatoms. The third-order valence-electron chi connectivity index (χ3n) is 2.57. The summed E-state index contributed by atoms with van der Waals surface area (Å²) >= 11 is 0. The third kappa shape index (κ3) is 2.77. The maximum Gasteiger partial charge on any atom is 0.163 e. The van der Waals surface area contributed by atoms with Crippen LogP contribution in [0.25, 0.3) is 0 Å². The van der Waals surface area contributed by atoms with Crippen molar-refractivity contribution in [3.05, 3.63) is 35.9 Å². The lowest BCUT2D eigenvalue weighted by Crippen LogP contribution is -2.12. The number of nitrogens with zero attached hydrogens (tertiary/aromatic N) is 1. The second kappa shape index (κ2) is 5.92. The van der Waals surface area contributed by atoms with Gasteiger partial charge in [0.1, 0.15) is 0 Å². The van der Waals surface area contributed by atoms with E-state index >= 15 is 0 Å². The van der Waals surface area contributed by atoms with Crippen molar-refractivity contribution in [3.8, 4) is 17.6 Å². The summed E-state index contributed by atoms with van der Waals surface area (Å²) in [6.07, 6.45) is 3.10. The first kappa shape index (κ1) is 13.1. The molecule has 0 aromatic heterocycles. The molecule has 0 aliphatic rings. The van der Waals surface area contributed by atoms with E-state index in [-0.39, 0.29) is 5.75 Å². The Hall–Kier alpha value is -1.99. The number of nitriles is 1. The lowest BCUT2D eigenvalue weighted by molar-refractivity contribution is 0.367. The average Bonchev–Trinajstić information content (AvgIpc) is 2.35. The van der Waals surface area contributed by atoms with Gasteiger partial charge in [-0.1, -0.05) is 6.08 Å². The van der Waals surface area contributed by atoms with Crippen LogP contribution in [0, 0.1) is 11.3 Å². The van der Waals surface area contributed by atoms with E-state index in [4.69, 9.17) is 15.7 Å². The second-order valence-electron chi connectivity index (χ2n) is 3.66. The Bertz CT molecular complexity index is 449. The van der Waals surface area contributed by atoms with Crippen LogP contribution in [-0.2, 0) is 0 Å². The third-order valence-corrected chi connectivity index (χ3v) is 2.57. The SMILES string of the molecule is C=CCC[C@H](N)c1c(C#N)ccc(OC)c1O. The molecule has 1 aromatic carbocycles. The molecule has 0 heterocycles. The van der Waals surface area contributed by atoms with E-state index < -0.39 is 6.04 Å². The molecule has 1 atom stereocenters. The Morgan fingerprint density at radius 3 is 2.88 bits per heavy atom. The lowest BCUT2D eigenvalue weighted by Gasteiger charge is -2.16. The summed E-state index contributed by atoms with van der Waals surface area (Å²) in [5, 5.41) is 19.0. The number of hydrogen-bond donors (Lipinski definition) is 2. The summed E-state index contributed by atoms with van der Waals surface area (Å²) in [5.41, 5.74) is 6.78. The zero-order valence-electron chi connectivity index (χ0n) is 9.81. The number of allylic oxidation sites excluding steroid dienone is 1. The Morgan fingerprint density at radius 1 is 1.65 bits per heavy atom. The minimum atomic E-state index is -0.405. The highest BCUT2D eigenvalue weighted by Crippen LogP contribution is 2.36. The minimum Gasteiger partial charge on any atom is -0.504 e. The zero-order chi connectivity index (χ0) is 12.8. The Kier molecular flexibility index (Phi) is 4.56. The number of phenols is 1. The number of phenolic OH excluding ortho intramolecular Hbond substituents is 1. The van der Waals surface area contributed by atoms with E-state index in [1.54, 1.807) is 18.2 Å². The maximum atomic E-state index is 9.99. The van der Waals surface area contributed by atoms with Gasteiger partial charge >= 0.3 is 0 Å². The van der Waals surface area contributed by atoms with Crippen LogP contribution >= 0.6 is 0 Å². The van der Waals surface area contributed by atoms with Gasteiger partial charge in [0, 0.05) is 11.6 Å². The van der Waals surface area contributed by atoms with Crippen LogP contribution in [0.2, 0.25) is 0 Å². The van der Waals surface area contributed by atoms with Gasteiger partial charge in [-0.05, 0) is 25.0 Å². The van der Waals surface area contributed by atoms with Crippen LogP contribution in [0.15, 0.2) is 24.8 Å². The van der Waals surface area contributed by atoms with Gasteiger partial charge in [0.25, 0.3) is 0 Å². The predicted molar refractivity (Wildman–Crippen MR) is 65.7 cm³/mol. The van der Waals surface area contributed by atoms with Crippen LogP contribution in [0.1, 0.15) is 30.0 Å². The van der Waals surface area contributed by atoms with Crippen molar-refractivity contribution in [3.63, 3.8) is 0 Å². The molecule has 0 saturated carbocycles. The van der Waals surface area contributed by atoms with Gasteiger partial charge in [-0.15, -0.1) is 6.58 Å². The van der Waals surface area contributed by atoms with Gasteiger partial charge in [0.15, 0.2) is 11.5 Å². The maximum absolute atomic E-state index is 9.99. The standard InChI is InChI=1S/C13H16N2O2/c1-3-4-5-10(15)12-9(8-14)6-7-11(17-2)13(12)16/h3,6-7,10,16H,1,4-5,15H2,2H3/t10-/m0/s1. The second-order valence-corrected chi connectivity index (χ2v) is 3.66. The molecule has 0 bridgehead atoms. The van der Waals surface area contributed by atoms with Gasteiger partial charge < -0.3 is 15.6 Å². The number of methoxy groups -OCH3 is 1. The fraction of sp³-hybridized carbons (Fsp3) is 0.308. The summed E-state index contributed by atoms with van der Waals surface area (Å²) in [6.45, 7) is 3.62. The van der Waals surface area contributed by atoms with E-state index in [0.717, 1.165) is 6.42 Å². The van der Waals surface area contributed by atoms with Crippen molar-refractivity contribution in [1.82, 2.24) is 0 Å². The van der Waals surface area contributed by atoms with Gasteiger partial charge in [-0.3, -0.25) is 0 Å². The number of rotatable bonds is 5. The van der Waals surface area contributed by atoms with Crippen molar-refractivity contribution in [1.29, 1.82) is 5.26 Å². The highest BCUT2D eigenvalue weighted by molar-refractivity contribution is 5.55. The number of aromatic hydroxyl groups is 1. The normalized spacial score (nSPS) is 11.6. The molecule has 4 nitrogen and oxygen atoms in total. The highest BCUT2D eigenvalue weighted by atomic mass is 16.5. The van der Waals surface area contributed by atoms with Crippen LogP contribution in [0.4, 0.5) is 0 Å².